The molecule has 0 saturated carbocycles. The number of likely N-dealkylation sites (tertiary alicyclic amines) is 1. The van der Waals surface area contributed by atoms with Gasteiger partial charge in [-0.15, -0.1) is 35.3 Å². The highest BCUT2D eigenvalue weighted by atomic mass is 127. The first-order valence-corrected chi connectivity index (χ1v) is 9.78. The lowest BCUT2D eigenvalue weighted by atomic mass is 9.97. The molecule has 1 aliphatic heterocycles. The van der Waals surface area contributed by atoms with Gasteiger partial charge in [-0.2, -0.15) is 5.10 Å². The maximum Gasteiger partial charge on any atom is 0.191 e. The van der Waals surface area contributed by atoms with Crippen molar-refractivity contribution in [2.75, 3.05) is 26.7 Å². The normalized spacial score (nSPS) is 16.3. The molecule has 6 nitrogen and oxygen atoms in total. The number of aryl methyl sites for hydroxylation is 1. The third-order valence-electron chi connectivity index (χ3n) is 4.81. The quantitative estimate of drug-likeness (QED) is 0.373. The first-order valence-electron chi connectivity index (χ1n) is 8.90. The second-order valence-electron chi connectivity index (χ2n) is 6.55. The average molecular weight is 488 g/mol. The molecule has 0 radical (unpaired) electrons. The predicted molar refractivity (Wildman–Crippen MR) is 119 cm³/mol. The third-order valence-corrected chi connectivity index (χ3v) is 5.67. The molecule has 1 aliphatic rings. The number of piperidine rings is 1. The molecule has 0 unspecified atom stereocenters. The summed E-state index contributed by atoms with van der Waals surface area (Å²) in [5, 5.41) is 13.2. The smallest absolute Gasteiger partial charge is 0.191 e. The molecule has 2 aromatic heterocycles. The highest BCUT2D eigenvalue weighted by Gasteiger charge is 2.19. The predicted octanol–water partition coefficient (Wildman–Crippen LogP) is 2.68. The monoisotopic (exact) mass is 488 g/mol. The summed E-state index contributed by atoms with van der Waals surface area (Å²) in [5.74, 6) is 1.58. The molecular formula is C18H29IN6S. The van der Waals surface area contributed by atoms with Crippen LogP contribution in [0.3, 0.4) is 0 Å². The topological polar surface area (TPSA) is 57.5 Å². The zero-order chi connectivity index (χ0) is 17.5. The Morgan fingerprint density at radius 2 is 2.12 bits per heavy atom. The lowest BCUT2D eigenvalue weighted by Gasteiger charge is -2.32. The summed E-state index contributed by atoms with van der Waals surface area (Å²) in [4.78, 5) is 8.36. The maximum atomic E-state index is 4.32. The third kappa shape index (κ3) is 6.24. The molecule has 3 heterocycles. The Morgan fingerprint density at radius 1 is 1.31 bits per heavy atom. The molecule has 0 aliphatic carbocycles. The summed E-state index contributed by atoms with van der Waals surface area (Å²) < 4.78 is 1.88. The fourth-order valence-electron chi connectivity index (χ4n) is 3.18. The van der Waals surface area contributed by atoms with Gasteiger partial charge in [-0.1, -0.05) is 6.07 Å². The number of aromatic nitrogens is 2. The van der Waals surface area contributed by atoms with Crippen LogP contribution in [0.2, 0.25) is 0 Å². The lowest BCUT2D eigenvalue weighted by Crippen LogP contribution is -2.42. The van der Waals surface area contributed by atoms with Crippen molar-refractivity contribution in [2.45, 2.75) is 25.9 Å². The summed E-state index contributed by atoms with van der Waals surface area (Å²) >= 11 is 1.86. The Balaban J connectivity index is 0.00000243. The highest BCUT2D eigenvalue weighted by molar-refractivity contribution is 14.0. The van der Waals surface area contributed by atoms with Crippen LogP contribution >= 0.6 is 35.3 Å². The standard InChI is InChI=1S/C18H28N6S.HI/c1-19-18(21-13-16-5-8-22-23(16)2)20-12-15-6-9-24(10-7-15)14-17-4-3-11-25-17;/h3-5,8,11,15H,6-7,9-10,12-14H2,1-2H3,(H2,19,20,21);1H. The first-order chi connectivity index (χ1) is 12.2. The van der Waals surface area contributed by atoms with Gasteiger partial charge in [0.25, 0.3) is 0 Å². The number of hydrogen-bond acceptors (Lipinski definition) is 4. The van der Waals surface area contributed by atoms with E-state index < -0.39 is 0 Å². The number of nitrogens with one attached hydrogen (secondary N) is 2. The SMILES string of the molecule is CN=C(NCc1ccnn1C)NCC1CCN(Cc2cccs2)CC1.I. The van der Waals surface area contributed by atoms with Crippen molar-refractivity contribution >= 4 is 41.3 Å². The van der Waals surface area contributed by atoms with Gasteiger partial charge in [0.15, 0.2) is 5.96 Å². The van der Waals surface area contributed by atoms with Gasteiger partial charge in [0.2, 0.25) is 0 Å². The number of thiophene rings is 1. The maximum absolute atomic E-state index is 4.32. The Bertz CT molecular complexity index is 661. The average Bonchev–Trinajstić information content (AvgIpc) is 3.28. The summed E-state index contributed by atoms with van der Waals surface area (Å²) in [6.45, 7) is 5.19. The van der Waals surface area contributed by atoms with E-state index in [2.05, 4.69) is 43.1 Å². The summed E-state index contributed by atoms with van der Waals surface area (Å²) in [7, 11) is 3.78. The van der Waals surface area contributed by atoms with Gasteiger partial charge in [0.05, 0.1) is 12.2 Å². The van der Waals surface area contributed by atoms with Crippen molar-refractivity contribution in [3.05, 3.63) is 40.3 Å². The van der Waals surface area contributed by atoms with Crippen LogP contribution < -0.4 is 10.6 Å². The minimum absolute atomic E-state index is 0. The molecule has 1 saturated heterocycles. The number of guanidine groups is 1. The van der Waals surface area contributed by atoms with Crippen molar-refractivity contribution in [2.24, 2.45) is 18.0 Å². The molecule has 8 heteroatoms. The van der Waals surface area contributed by atoms with Crippen LogP contribution in [0, 0.1) is 5.92 Å². The lowest BCUT2D eigenvalue weighted by molar-refractivity contribution is 0.179. The Labute approximate surface area is 177 Å². The van der Waals surface area contributed by atoms with Crippen LogP contribution in [0.4, 0.5) is 0 Å². The van der Waals surface area contributed by atoms with E-state index in [1.54, 1.807) is 0 Å². The highest BCUT2D eigenvalue weighted by Crippen LogP contribution is 2.20. The van der Waals surface area contributed by atoms with Gasteiger partial charge < -0.3 is 10.6 Å². The van der Waals surface area contributed by atoms with E-state index >= 15 is 0 Å². The van der Waals surface area contributed by atoms with Crippen LogP contribution in [0.1, 0.15) is 23.4 Å². The second-order valence-corrected chi connectivity index (χ2v) is 7.58. The molecule has 26 heavy (non-hydrogen) atoms. The molecule has 2 N–H and O–H groups in total. The van der Waals surface area contributed by atoms with Crippen LogP contribution in [-0.2, 0) is 20.1 Å². The van der Waals surface area contributed by atoms with E-state index in [1.807, 2.05) is 42.4 Å². The number of nitrogens with zero attached hydrogens (tertiary/aromatic N) is 4. The molecule has 0 bridgehead atoms. The largest absolute Gasteiger partial charge is 0.356 e. The molecule has 0 atom stereocenters. The van der Waals surface area contributed by atoms with Gasteiger partial charge in [-0.05, 0) is 49.4 Å². The van der Waals surface area contributed by atoms with Crippen molar-refractivity contribution in [1.29, 1.82) is 0 Å². The minimum Gasteiger partial charge on any atom is -0.356 e. The Hall–Kier alpha value is -1.13. The van der Waals surface area contributed by atoms with Gasteiger partial charge in [0.1, 0.15) is 0 Å². The molecule has 0 aromatic carbocycles. The van der Waals surface area contributed by atoms with Gasteiger partial charge in [-0.3, -0.25) is 14.6 Å². The van der Waals surface area contributed by atoms with E-state index in [9.17, 15) is 0 Å². The van der Waals surface area contributed by atoms with E-state index in [4.69, 9.17) is 0 Å². The Kier molecular flexibility index (Phi) is 8.86. The molecule has 0 spiro atoms. The number of hydrogen-bond donors (Lipinski definition) is 2. The van der Waals surface area contributed by atoms with E-state index in [-0.39, 0.29) is 24.0 Å². The van der Waals surface area contributed by atoms with Gasteiger partial charge in [-0.25, -0.2) is 0 Å². The molecule has 0 amide bonds. The Morgan fingerprint density at radius 3 is 2.73 bits per heavy atom. The molecule has 2 aromatic rings. The van der Waals surface area contributed by atoms with E-state index in [0.29, 0.717) is 0 Å². The van der Waals surface area contributed by atoms with Crippen LogP contribution in [0.5, 0.6) is 0 Å². The fraction of sp³-hybridized carbons (Fsp3) is 0.556. The second kappa shape index (κ2) is 10.9. The fourth-order valence-corrected chi connectivity index (χ4v) is 3.93. The zero-order valence-electron chi connectivity index (χ0n) is 15.5. The molecule has 1 fully saturated rings. The van der Waals surface area contributed by atoms with Gasteiger partial charge in [0, 0.05) is 38.3 Å². The first kappa shape index (κ1) is 21.2. The van der Waals surface area contributed by atoms with E-state index in [1.165, 1.54) is 30.8 Å². The summed E-state index contributed by atoms with van der Waals surface area (Å²) in [6, 6.07) is 6.39. The summed E-state index contributed by atoms with van der Waals surface area (Å²) in [5.41, 5.74) is 1.14. The van der Waals surface area contributed by atoms with E-state index in [0.717, 1.165) is 37.2 Å². The summed E-state index contributed by atoms with van der Waals surface area (Å²) in [6.07, 6.45) is 4.31. The van der Waals surface area contributed by atoms with Crippen molar-refractivity contribution in [3.63, 3.8) is 0 Å². The van der Waals surface area contributed by atoms with Crippen molar-refractivity contribution in [1.82, 2.24) is 25.3 Å². The minimum atomic E-state index is 0. The van der Waals surface area contributed by atoms with Crippen LogP contribution in [-0.4, -0.2) is 47.3 Å². The number of aliphatic imine (C=N–C) groups is 1. The molecule has 3 rings (SSSR count). The van der Waals surface area contributed by atoms with Gasteiger partial charge >= 0.3 is 0 Å². The van der Waals surface area contributed by atoms with Crippen molar-refractivity contribution in [3.8, 4) is 0 Å². The van der Waals surface area contributed by atoms with Crippen molar-refractivity contribution < 1.29 is 0 Å². The molecular weight excluding hydrogens is 459 g/mol. The van der Waals surface area contributed by atoms with Crippen LogP contribution in [0.25, 0.3) is 0 Å². The number of rotatable bonds is 6. The number of halogens is 1. The zero-order valence-corrected chi connectivity index (χ0v) is 18.7. The van der Waals surface area contributed by atoms with Crippen LogP contribution in [0.15, 0.2) is 34.8 Å². The molecule has 144 valence electrons.